The van der Waals surface area contributed by atoms with E-state index in [0.717, 1.165) is 12.1 Å². The van der Waals surface area contributed by atoms with Crippen LogP contribution in [0.15, 0.2) is 36.5 Å². The number of methoxy groups -OCH3 is 1. The molecule has 8 heteroatoms. The summed E-state index contributed by atoms with van der Waals surface area (Å²) in [6.45, 7) is 0. The molecule has 0 spiro atoms. The maximum absolute atomic E-state index is 13.1. The van der Waals surface area contributed by atoms with Gasteiger partial charge >= 0.3 is 12.1 Å². The van der Waals surface area contributed by atoms with Crippen LogP contribution in [0.2, 0.25) is 5.02 Å². The third-order valence-corrected chi connectivity index (χ3v) is 3.88. The summed E-state index contributed by atoms with van der Waals surface area (Å²) < 4.78 is 43.9. The first-order valence-electron chi connectivity index (χ1n) is 6.74. The fourth-order valence-corrected chi connectivity index (χ4v) is 2.70. The van der Waals surface area contributed by atoms with Crippen molar-refractivity contribution in [3.63, 3.8) is 0 Å². The Hall–Kier alpha value is -2.54. The number of aromatic nitrogens is 2. The van der Waals surface area contributed by atoms with Gasteiger partial charge in [-0.1, -0.05) is 17.7 Å². The van der Waals surface area contributed by atoms with Gasteiger partial charge in [0, 0.05) is 16.0 Å². The molecular formula is C16H10ClF3N2O2. The summed E-state index contributed by atoms with van der Waals surface area (Å²) in [6, 6.07) is 6.28. The Bertz CT molecular complexity index is 935. The van der Waals surface area contributed by atoms with E-state index in [4.69, 9.17) is 11.6 Å². The summed E-state index contributed by atoms with van der Waals surface area (Å²) >= 11 is 6.18. The van der Waals surface area contributed by atoms with Crippen molar-refractivity contribution in [2.75, 3.05) is 7.11 Å². The van der Waals surface area contributed by atoms with E-state index in [2.05, 4.69) is 14.9 Å². The highest BCUT2D eigenvalue weighted by Gasteiger charge is 2.32. The van der Waals surface area contributed by atoms with Gasteiger partial charge in [0.2, 0.25) is 0 Å². The molecule has 0 fully saturated rings. The molecule has 124 valence electrons. The van der Waals surface area contributed by atoms with Crippen molar-refractivity contribution in [2.24, 2.45) is 0 Å². The second-order valence-electron chi connectivity index (χ2n) is 5.04. The molecule has 24 heavy (non-hydrogen) atoms. The number of carbonyl (C=O) groups excluding carboxylic acids is 1. The Morgan fingerprint density at radius 3 is 2.58 bits per heavy atom. The van der Waals surface area contributed by atoms with Crippen LogP contribution in [0, 0.1) is 0 Å². The van der Waals surface area contributed by atoms with Crippen LogP contribution in [0.1, 0.15) is 15.9 Å². The SMILES string of the molecule is COC(=O)c1ccc(-c2cc(C(F)(F)F)cc3[nH]ncc23)c(Cl)c1. The Morgan fingerprint density at radius 2 is 1.96 bits per heavy atom. The number of benzene rings is 2. The monoisotopic (exact) mass is 354 g/mol. The molecule has 0 radical (unpaired) electrons. The lowest BCUT2D eigenvalue weighted by atomic mass is 9.98. The van der Waals surface area contributed by atoms with Crippen molar-refractivity contribution in [2.45, 2.75) is 6.18 Å². The third-order valence-electron chi connectivity index (χ3n) is 3.57. The van der Waals surface area contributed by atoms with Crippen molar-refractivity contribution in [3.05, 3.63) is 52.7 Å². The van der Waals surface area contributed by atoms with Gasteiger partial charge in [-0.15, -0.1) is 0 Å². The second-order valence-corrected chi connectivity index (χ2v) is 5.45. The minimum atomic E-state index is -4.51. The minimum absolute atomic E-state index is 0.139. The van der Waals surface area contributed by atoms with E-state index >= 15 is 0 Å². The van der Waals surface area contributed by atoms with Gasteiger partial charge in [0.05, 0.1) is 30.0 Å². The van der Waals surface area contributed by atoms with Gasteiger partial charge < -0.3 is 4.74 Å². The van der Waals surface area contributed by atoms with Crippen LogP contribution < -0.4 is 0 Å². The summed E-state index contributed by atoms with van der Waals surface area (Å²) in [6.07, 6.45) is -3.08. The van der Waals surface area contributed by atoms with Crippen molar-refractivity contribution in [3.8, 4) is 11.1 Å². The molecule has 0 saturated carbocycles. The van der Waals surface area contributed by atoms with Crippen molar-refractivity contribution >= 4 is 28.5 Å². The first-order chi connectivity index (χ1) is 11.3. The number of fused-ring (bicyclic) bond motifs is 1. The minimum Gasteiger partial charge on any atom is -0.465 e. The maximum atomic E-state index is 13.1. The molecule has 1 N–H and O–H groups in total. The number of esters is 1. The fourth-order valence-electron chi connectivity index (χ4n) is 2.42. The summed E-state index contributed by atoms with van der Waals surface area (Å²) in [5.41, 5.74) is 0.272. The van der Waals surface area contributed by atoms with Crippen LogP contribution in [0.3, 0.4) is 0 Å². The highest BCUT2D eigenvalue weighted by Crippen LogP contribution is 2.39. The Kier molecular flexibility index (Phi) is 3.96. The molecule has 0 aliphatic rings. The van der Waals surface area contributed by atoms with E-state index in [1.807, 2.05) is 0 Å². The quantitative estimate of drug-likeness (QED) is 0.679. The maximum Gasteiger partial charge on any atom is 0.416 e. The van der Waals surface area contributed by atoms with E-state index in [9.17, 15) is 18.0 Å². The van der Waals surface area contributed by atoms with Crippen molar-refractivity contribution in [1.29, 1.82) is 0 Å². The third kappa shape index (κ3) is 2.82. The lowest BCUT2D eigenvalue weighted by molar-refractivity contribution is -0.137. The number of halogens is 4. The number of H-pyrrole nitrogens is 1. The van der Waals surface area contributed by atoms with Gasteiger partial charge in [-0.25, -0.2) is 4.79 Å². The predicted octanol–water partition coefficient (Wildman–Crippen LogP) is 4.69. The van der Waals surface area contributed by atoms with Gasteiger partial charge in [-0.3, -0.25) is 5.10 Å². The zero-order valence-electron chi connectivity index (χ0n) is 12.2. The average Bonchev–Trinajstić information content (AvgIpc) is 3.01. The zero-order valence-corrected chi connectivity index (χ0v) is 13.0. The van der Waals surface area contributed by atoms with E-state index in [1.165, 1.54) is 31.5 Å². The molecule has 0 atom stereocenters. The number of hydrogen-bond acceptors (Lipinski definition) is 3. The Balaban J connectivity index is 2.22. The number of hydrogen-bond donors (Lipinski definition) is 1. The van der Waals surface area contributed by atoms with Crippen LogP contribution in [0.5, 0.6) is 0 Å². The molecule has 0 aliphatic carbocycles. The standard InChI is InChI=1S/C16H10ClF3N2O2/c1-24-15(23)8-2-3-10(13(17)4-8)11-5-9(16(18,19)20)6-14-12(11)7-21-22-14/h2-7H,1H3,(H,21,22). The summed E-state index contributed by atoms with van der Waals surface area (Å²) in [7, 11) is 1.23. The van der Waals surface area contributed by atoms with Gasteiger partial charge in [-0.2, -0.15) is 18.3 Å². The Morgan fingerprint density at radius 1 is 1.21 bits per heavy atom. The van der Waals surface area contributed by atoms with Gasteiger partial charge in [0.1, 0.15) is 0 Å². The highest BCUT2D eigenvalue weighted by atomic mass is 35.5. The van der Waals surface area contributed by atoms with E-state index < -0.39 is 17.7 Å². The molecule has 3 aromatic rings. The first kappa shape index (κ1) is 16.3. The smallest absolute Gasteiger partial charge is 0.416 e. The second kappa shape index (κ2) is 5.83. The molecule has 0 aliphatic heterocycles. The molecule has 0 saturated heterocycles. The first-order valence-corrected chi connectivity index (χ1v) is 7.11. The molecule has 0 unspecified atom stereocenters. The number of ether oxygens (including phenoxy) is 1. The van der Waals surface area contributed by atoms with Gasteiger partial charge in [-0.05, 0) is 29.8 Å². The number of aromatic amines is 1. The molecule has 3 rings (SSSR count). The lowest BCUT2D eigenvalue weighted by Crippen LogP contribution is -2.05. The number of alkyl halides is 3. The fraction of sp³-hybridized carbons (Fsp3) is 0.125. The summed E-state index contributed by atoms with van der Waals surface area (Å²) in [5, 5.41) is 6.96. The summed E-state index contributed by atoms with van der Waals surface area (Å²) in [5.74, 6) is -0.582. The van der Waals surface area contributed by atoms with E-state index in [0.29, 0.717) is 10.9 Å². The van der Waals surface area contributed by atoms with E-state index in [-0.39, 0.29) is 21.7 Å². The van der Waals surface area contributed by atoms with Gasteiger partial charge in [0.25, 0.3) is 0 Å². The van der Waals surface area contributed by atoms with Crippen LogP contribution in [-0.2, 0) is 10.9 Å². The molecule has 2 aromatic carbocycles. The van der Waals surface area contributed by atoms with Crippen molar-refractivity contribution < 1.29 is 22.7 Å². The van der Waals surface area contributed by atoms with Crippen LogP contribution in [0.25, 0.3) is 22.0 Å². The van der Waals surface area contributed by atoms with Crippen LogP contribution in [-0.4, -0.2) is 23.3 Å². The largest absolute Gasteiger partial charge is 0.465 e. The topological polar surface area (TPSA) is 55.0 Å². The zero-order chi connectivity index (χ0) is 17.5. The van der Waals surface area contributed by atoms with Crippen LogP contribution in [0.4, 0.5) is 13.2 Å². The molecule has 0 amide bonds. The van der Waals surface area contributed by atoms with E-state index in [1.54, 1.807) is 0 Å². The van der Waals surface area contributed by atoms with Crippen molar-refractivity contribution in [1.82, 2.24) is 10.2 Å². The highest BCUT2D eigenvalue weighted by molar-refractivity contribution is 6.34. The molecule has 0 bridgehead atoms. The molecule has 1 heterocycles. The number of nitrogens with zero attached hydrogens (tertiary/aromatic N) is 1. The Labute approximate surface area is 139 Å². The van der Waals surface area contributed by atoms with Gasteiger partial charge in [0.15, 0.2) is 0 Å². The molecule has 1 aromatic heterocycles. The number of carbonyl (C=O) groups is 1. The molecule has 4 nitrogen and oxygen atoms in total. The number of nitrogens with one attached hydrogen (secondary N) is 1. The predicted molar refractivity (Wildman–Crippen MR) is 82.9 cm³/mol. The molecular weight excluding hydrogens is 345 g/mol. The number of rotatable bonds is 2. The average molecular weight is 355 g/mol. The normalized spacial score (nSPS) is 11.7. The van der Waals surface area contributed by atoms with Crippen LogP contribution >= 0.6 is 11.6 Å². The lowest BCUT2D eigenvalue weighted by Gasteiger charge is -2.12. The summed E-state index contributed by atoms with van der Waals surface area (Å²) in [4.78, 5) is 11.5.